The van der Waals surface area contributed by atoms with Gasteiger partial charge in [0.25, 0.3) is 0 Å². The number of hydrogen-bond acceptors (Lipinski definition) is 5. The smallest absolute Gasteiger partial charge is 0.214 e. The van der Waals surface area contributed by atoms with Gasteiger partial charge in [-0.2, -0.15) is 5.26 Å². The summed E-state index contributed by atoms with van der Waals surface area (Å²) >= 11 is 0. The van der Waals surface area contributed by atoms with Crippen molar-refractivity contribution >= 4 is 26.7 Å². The maximum Gasteiger partial charge on any atom is 0.214 e. The molecule has 2 aliphatic carbocycles. The summed E-state index contributed by atoms with van der Waals surface area (Å²) in [5.74, 6) is 0.931. The highest BCUT2D eigenvalue weighted by Gasteiger charge is 2.35. The van der Waals surface area contributed by atoms with Crippen LogP contribution in [0, 0.1) is 23.2 Å². The molecule has 0 bridgehead atoms. The van der Waals surface area contributed by atoms with E-state index in [-0.39, 0.29) is 17.7 Å². The lowest BCUT2D eigenvalue weighted by atomic mass is 9.81. The van der Waals surface area contributed by atoms with Crippen LogP contribution in [0.3, 0.4) is 0 Å². The Hall–Kier alpha value is -2.11. The Bertz CT molecular complexity index is 968. The Morgan fingerprint density at radius 1 is 1.37 bits per heavy atom. The zero-order valence-corrected chi connectivity index (χ0v) is 16.3. The van der Waals surface area contributed by atoms with Gasteiger partial charge in [-0.05, 0) is 43.6 Å². The van der Waals surface area contributed by atoms with Crippen LogP contribution >= 0.6 is 0 Å². The van der Waals surface area contributed by atoms with Gasteiger partial charge in [0.15, 0.2) is 0 Å². The molecule has 8 heteroatoms. The van der Waals surface area contributed by atoms with Crippen LogP contribution in [0.15, 0.2) is 18.5 Å². The number of nitriles is 1. The van der Waals surface area contributed by atoms with Crippen molar-refractivity contribution in [1.29, 1.82) is 5.26 Å². The summed E-state index contributed by atoms with van der Waals surface area (Å²) in [6.07, 6.45) is 8.50. The fourth-order valence-corrected chi connectivity index (χ4v) is 5.58. The van der Waals surface area contributed by atoms with E-state index in [1.165, 1.54) is 6.42 Å². The minimum atomic E-state index is -3.19. The lowest BCUT2D eigenvalue weighted by Gasteiger charge is -2.38. The first-order chi connectivity index (χ1) is 13.0. The maximum atomic E-state index is 12.6. The van der Waals surface area contributed by atoms with Crippen LogP contribution in [-0.2, 0) is 10.0 Å². The van der Waals surface area contributed by atoms with Gasteiger partial charge in [-0.25, -0.2) is 17.7 Å². The van der Waals surface area contributed by atoms with Crippen molar-refractivity contribution in [1.82, 2.24) is 14.3 Å². The minimum absolute atomic E-state index is 0.172. The van der Waals surface area contributed by atoms with E-state index in [0.29, 0.717) is 18.0 Å². The average molecular weight is 388 g/mol. The van der Waals surface area contributed by atoms with Crippen LogP contribution in [0.25, 0.3) is 11.0 Å². The first-order valence-electron chi connectivity index (χ1n) is 9.53. The fraction of sp³-hybridized carbons (Fsp3) is 0.579. The number of aromatic nitrogens is 2. The van der Waals surface area contributed by atoms with Crippen LogP contribution in [0.2, 0.25) is 0 Å². The van der Waals surface area contributed by atoms with E-state index in [9.17, 15) is 13.7 Å². The number of hydrogen-bond donors (Lipinski definition) is 2. The molecule has 2 saturated carbocycles. The van der Waals surface area contributed by atoms with Gasteiger partial charge >= 0.3 is 0 Å². The fourth-order valence-electron chi connectivity index (χ4n) is 4.02. The van der Waals surface area contributed by atoms with Gasteiger partial charge in [0.05, 0.1) is 17.0 Å². The quantitative estimate of drug-likeness (QED) is 0.760. The summed E-state index contributed by atoms with van der Waals surface area (Å²) in [5, 5.41) is 13.7. The monoisotopic (exact) mass is 387 g/mol. The van der Waals surface area contributed by atoms with Crippen molar-refractivity contribution in [3.63, 3.8) is 0 Å². The Morgan fingerprint density at radius 3 is 2.81 bits per heavy atom. The SMILES string of the molecule is CN(CC1CCC1)S(=O)(=O)C[C@H]1C[C@@H](Nc2c(C#N)cnc3[nH]ccc23)C1. The molecule has 0 spiro atoms. The van der Waals surface area contributed by atoms with Crippen LogP contribution < -0.4 is 5.32 Å². The van der Waals surface area contributed by atoms with Gasteiger partial charge < -0.3 is 10.3 Å². The van der Waals surface area contributed by atoms with E-state index in [1.54, 1.807) is 23.7 Å². The molecule has 2 fully saturated rings. The van der Waals surface area contributed by atoms with Gasteiger partial charge in [-0.15, -0.1) is 0 Å². The number of H-pyrrole nitrogens is 1. The molecule has 4 rings (SSSR count). The largest absolute Gasteiger partial charge is 0.381 e. The minimum Gasteiger partial charge on any atom is -0.381 e. The third-order valence-electron chi connectivity index (χ3n) is 5.95. The number of nitrogens with one attached hydrogen (secondary N) is 2. The Morgan fingerprint density at radius 2 is 2.15 bits per heavy atom. The van der Waals surface area contributed by atoms with Crippen molar-refractivity contribution in [2.75, 3.05) is 24.7 Å². The first-order valence-corrected chi connectivity index (χ1v) is 11.1. The molecule has 0 atom stereocenters. The van der Waals surface area contributed by atoms with Crippen molar-refractivity contribution in [2.45, 2.75) is 38.1 Å². The van der Waals surface area contributed by atoms with E-state index >= 15 is 0 Å². The predicted molar refractivity (Wildman–Crippen MR) is 105 cm³/mol. The predicted octanol–water partition coefficient (Wildman–Crippen LogP) is 2.69. The van der Waals surface area contributed by atoms with E-state index in [2.05, 4.69) is 21.4 Å². The van der Waals surface area contributed by atoms with Crippen molar-refractivity contribution < 1.29 is 8.42 Å². The Kier molecular flexibility index (Phi) is 4.82. The molecule has 0 saturated heterocycles. The lowest BCUT2D eigenvalue weighted by molar-refractivity contribution is 0.258. The average Bonchev–Trinajstić information content (AvgIpc) is 3.04. The molecule has 2 aromatic rings. The molecule has 0 radical (unpaired) electrons. The highest BCUT2D eigenvalue weighted by molar-refractivity contribution is 7.89. The number of anilines is 1. The summed E-state index contributed by atoms with van der Waals surface area (Å²) in [6.45, 7) is 0.657. The molecular weight excluding hydrogens is 362 g/mol. The molecule has 0 unspecified atom stereocenters. The molecule has 2 aliphatic rings. The number of rotatable bonds is 7. The molecule has 2 heterocycles. The highest BCUT2D eigenvalue weighted by atomic mass is 32.2. The number of pyridine rings is 1. The number of aromatic amines is 1. The Labute approximate surface area is 159 Å². The Balaban J connectivity index is 1.35. The van der Waals surface area contributed by atoms with Gasteiger partial charge in [-0.3, -0.25) is 0 Å². The van der Waals surface area contributed by atoms with Crippen LogP contribution in [0.1, 0.15) is 37.7 Å². The molecule has 2 aromatic heterocycles. The van der Waals surface area contributed by atoms with E-state index < -0.39 is 10.0 Å². The molecule has 2 N–H and O–H groups in total. The van der Waals surface area contributed by atoms with Crippen molar-refractivity contribution in [3.8, 4) is 6.07 Å². The molecule has 0 aromatic carbocycles. The molecular formula is C19H25N5O2S. The molecule has 7 nitrogen and oxygen atoms in total. The van der Waals surface area contributed by atoms with Gasteiger partial charge in [0.1, 0.15) is 11.7 Å². The van der Waals surface area contributed by atoms with Gasteiger partial charge in [0.2, 0.25) is 10.0 Å². The lowest BCUT2D eigenvalue weighted by Crippen LogP contribution is -2.43. The normalized spacial score (nSPS) is 23.0. The molecule has 0 aliphatic heterocycles. The topological polar surface area (TPSA) is 102 Å². The number of fused-ring (bicyclic) bond motifs is 1. The van der Waals surface area contributed by atoms with E-state index in [0.717, 1.165) is 42.4 Å². The standard InChI is InChI=1S/C19H25N5O2S/c1-24(11-13-3-2-4-13)27(25,26)12-14-7-16(8-14)23-18-15(9-20)10-22-19-17(18)5-6-21-19/h5-6,10,13-14,16H,2-4,7-8,11-12H2,1H3,(H2,21,22,23)/t14-,16+. The van der Waals surface area contributed by atoms with Crippen LogP contribution in [-0.4, -0.2) is 48.1 Å². The van der Waals surface area contributed by atoms with Crippen molar-refractivity contribution in [3.05, 3.63) is 24.0 Å². The second-order valence-corrected chi connectivity index (χ2v) is 10.1. The summed E-state index contributed by atoms with van der Waals surface area (Å²) in [7, 11) is -1.48. The maximum absolute atomic E-state index is 12.6. The van der Waals surface area contributed by atoms with E-state index in [4.69, 9.17) is 0 Å². The number of sulfonamides is 1. The zero-order chi connectivity index (χ0) is 19.0. The van der Waals surface area contributed by atoms with Crippen LogP contribution in [0.4, 0.5) is 5.69 Å². The summed E-state index contributed by atoms with van der Waals surface area (Å²) in [4.78, 5) is 7.29. The van der Waals surface area contributed by atoms with E-state index in [1.807, 2.05) is 6.07 Å². The number of nitrogens with zero attached hydrogens (tertiary/aromatic N) is 3. The summed E-state index contributed by atoms with van der Waals surface area (Å²) in [6, 6.07) is 4.28. The van der Waals surface area contributed by atoms with Crippen molar-refractivity contribution in [2.24, 2.45) is 11.8 Å². The first kappa shape index (κ1) is 18.3. The highest BCUT2D eigenvalue weighted by Crippen LogP contribution is 2.35. The summed E-state index contributed by atoms with van der Waals surface area (Å²) < 4.78 is 26.7. The van der Waals surface area contributed by atoms with Gasteiger partial charge in [0, 0.05) is 37.4 Å². The molecule has 0 amide bonds. The zero-order valence-electron chi connectivity index (χ0n) is 15.5. The summed E-state index contributed by atoms with van der Waals surface area (Å²) in [5.41, 5.74) is 2.04. The molecule has 144 valence electrons. The second kappa shape index (κ2) is 7.13. The molecule has 27 heavy (non-hydrogen) atoms. The van der Waals surface area contributed by atoms with Gasteiger partial charge in [-0.1, -0.05) is 6.42 Å². The third-order valence-corrected chi connectivity index (χ3v) is 7.94. The van der Waals surface area contributed by atoms with Crippen LogP contribution in [0.5, 0.6) is 0 Å². The third kappa shape index (κ3) is 3.66. The second-order valence-electron chi connectivity index (χ2n) is 7.93.